The molecule has 0 aliphatic carbocycles. The van der Waals surface area contributed by atoms with Gasteiger partial charge in [-0.05, 0) is 64.9 Å². The Bertz CT molecular complexity index is 1420. The monoisotopic (exact) mass is 937 g/mol. The molecular weight excluding hydrogens is 861 g/mol. The molecule has 0 bridgehead atoms. The van der Waals surface area contributed by atoms with Gasteiger partial charge in [-0.1, -0.05) is 18.2 Å². The van der Waals surface area contributed by atoms with E-state index in [2.05, 4.69) is 6.07 Å². The van der Waals surface area contributed by atoms with E-state index in [-0.39, 0.29) is 6.61 Å². The molecule has 0 aliphatic rings. The van der Waals surface area contributed by atoms with Crippen LogP contribution < -0.4 is 18.9 Å². The third kappa shape index (κ3) is 28.5. The summed E-state index contributed by atoms with van der Waals surface area (Å²) < 4.78 is 89.3. The van der Waals surface area contributed by atoms with Crippen LogP contribution in [0.3, 0.4) is 0 Å². The smallest absolute Gasteiger partial charge is 0.123 e. The summed E-state index contributed by atoms with van der Waals surface area (Å²) in [6, 6.07) is 17.9. The molecule has 3 aromatic rings. The molecule has 17 heteroatoms. The Hall–Kier alpha value is -3.66. The van der Waals surface area contributed by atoms with Gasteiger partial charge in [0.1, 0.15) is 49.4 Å². The molecule has 0 amide bonds. The molecule has 0 fully saturated rings. The molecule has 0 radical (unpaired) electrons. The van der Waals surface area contributed by atoms with Crippen LogP contribution in [0.25, 0.3) is 0 Å². The van der Waals surface area contributed by atoms with Crippen molar-refractivity contribution in [1.82, 2.24) is 0 Å². The Morgan fingerprint density at radius 2 is 0.470 bits per heavy atom. The van der Waals surface area contributed by atoms with Gasteiger partial charge in [0, 0.05) is 40.6 Å². The largest absolute Gasteiger partial charge is 0.491 e. The molecule has 0 saturated heterocycles. The molecule has 0 unspecified atom stereocenters. The van der Waals surface area contributed by atoms with Gasteiger partial charge in [-0.15, -0.1) is 0 Å². The van der Waals surface area contributed by atoms with Crippen molar-refractivity contribution in [3.8, 4) is 23.0 Å². The lowest BCUT2D eigenvalue weighted by molar-refractivity contribution is 0.0174. The minimum absolute atomic E-state index is 0.112. The minimum atomic E-state index is -0.112. The topological polar surface area (TPSA) is 168 Å². The number of aliphatic hydroxyl groups excluding tert-OH is 1. The lowest BCUT2D eigenvalue weighted by Gasteiger charge is -2.15. The summed E-state index contributed by atoms with van der Waals surface area (Å²) in [5, 5.41) is 10.4. The van der Waals surface area contributed by atoms with Crippen LogP contribution in [0.2, 0.25) is 0 Å². The molecule has 3 rings (SSSR count). The highest BCUT2D eigenvalue weighted by Gasteiger charge is 2.11. The zero-order valence-electron chi connectivity index (χ0n) is 39.8. The fourth-order valence-electron chi connectivity index (χ4n) is 6.14. The summed E-state index contributed by atoms with van der Waals surface area (Å²) in [5.41, 5.74) is 4.78. The first kappa shape index (κ1) is 56.7. The van der Waals surface area contributed by atoms with E-state index in [1.807, 2.05) is 48.5 Å². The lowest BCUT2D eigenvalue weighted by Crippen LogP contribution is -2.13. The number of benzene rings is 3. The molecule has 1 N–H and O–H groups in total. The second-order valence-electron chi connectivity index (χ2n) is 14.6. The maximum absolute atomic E-state index is 10.4. The Balaban J connectivity index is 1.70. The number of methoxy groups -OCH3 is 4. The summed E-state index contributed by atoms with van der Waals surface area (Å²) in [7, 11) is 6.56. The van der Waals surface area contributed by atoms with E-state index >= 15 is 0 Å². The number of ether oxygens (including phenoxy) is 16. The normalized spacial score (nSPS) is 11.3. The Morgan fingerprint density at radius 1 is 0.258 bits per heavy atom. The van der Waals surface area contributed by atoms with Crippen molar-refractivity contribution in [2.24, 2.45) is 0 Å². The molecule has 0 heterocycles. The fraction of sp³-hybridized carbons (Fsp3) is 0.633. The summed E-state index contributed by atoms with van der Waals surface area (Å²) in [6.45, 7) is 10.9. The highest BCUT2D eigenvalue weighted by atomic mass is 16.6. The van der Waals surface area contributed by atoms with Crippen LogP contribution in [0.15, 0.2) is 54.6 Å². The first-order valence-corrected chi connectivity index (χ1v) is 22.7. The molecular formula is C49H76O17. The lowest BCUT2D eigenvalue weighted by atomic mass is 9.96. The molecule has 3 aromatic carbocycles. The predicted molar refractivity (Wildman–Crippen MR) is 247 cm³/mol. The van der Waals surface area contributed by atoms with Gasteiger partial charge in [-0.3, -0.25) is 0 Å². The molecule has 66 heavy (non-hydrogen) atoms. The van der Waals surface area contributed by atoms with Crippen LogP contribution in [-0.4, -0.2) is 192 Å². The van der Waals surface area contributed by atoms with Gasteiger partial charge in [-0.25, -0.2) is 0 Å². The van der Waals surface area contributed by atoms with Crippen molar-refractivity contribution in [3.05, 3.63) is 82.4 Å². The molecule has 17 nitrogen and oxygen atoms in total. The van der Waals surface area contributed by atoms with E-state index in [4.69, 9.17) is 75.8 Å². The van der Waals surface area contributed by atoms with Gasteiger partial charge in [0.25, 0.3) is 0 Å². The molecule has 0 aromatic heterocycles. The van der Waals surface area contributed by atoms with E-state index in [9.17, 15) is 5.11 Å². The first-order valence-electron chi connectivity index (χ1n) is 22.7. The Labute approximate surface area is 391 Å². The van der Waals surface area contributed by atoms with Gasteiger partial charge in [0.05, 0.1) is 139 Å². The van der Waals surface area contributed by atoms with Crippen molar-refractivity contribution in [2.75, 3.05) is 187 Å². The highest BCUT2D eigenvalue weighted by molar-refractivity contribution is 5.44. The quantitative estimate of drug-likeness (QED) is 0.0781. The predicted octanol–water partition coefficient (Wildman–Crippen LogP) is 4.59. The Kier molecular flexibility index (Phi) is 33.8. The SMILES string of the molecule is COCCOCCOCCOc1cc(Cc2cc(CO)cc(Cc3cc(OCCOCCOCCOC)cc(OCCOCCOCCOC)c3)c2)cc(OCCOCCOCCOC)c1. The van der Waals surface area contributed by atoms with Crippen LogP contribution in [0.5, 0.6) is 23.0 Å². The summed E-state index contributed by atoms with van der Waals surface area (Å²) in [4.78, 5) is 0. The van der Waals surface area contributed by atoms with E-state index in [0.717, 1.165) is 27.8 Å². The van der Waals surface area contributed by atoms with E-state index in [1.165, 1.54) is 0 Å². The van der Waals surface area contributed by atoms with Crippen LogP contribution >= 0.6 is 0 Å². The third-order valence-corrected chi connectivity index (χ3v) is 9.19. The van der Waals surface area contributed by atoms with Gasteiger partial charge in [0.2, 0.25) is 0 Å². The number of hydrogen-bond acceptors (Lipinski definition) is 17. The summed E-state index contributed by atoms with van der Waals surface area (Å²) in [6.07, 6.45) is 1.12. The van der Waals surface area contributed by atoms with E-state index < -0.39 is 0 Å². The number of rotatable bonds is 45. The highest BCUT2D eigenvalue weighted by Crippen LogP contribution is 2.28. The minimum Gasteiger partial charge on any atom is -0.491 e. The molecule has 374 valence electrons. The van der Waals surface area contributed by atoms with Crippen LogP contribution in [0.1, 0.15) is 27.8 Å². The van der Waals surface area contributed by atoms with Gasteiger partial charge >= 0.3 is 0 Å². The maximum Gasteiger partial charge on any atom is 0.123 e. The van der Waals surface area contributed by atoms with Crippen molar-refractivity contribution in [3.63, 3.8) is 0 Å². The van der Waals surface area contributed by atoms with Gasteiger partial charge in [0.15, 0.2) is 0 Å². The first-order chi connectivity index (χ1) is 32.6. The van der Waals surface area contributed by atoms with Crippen LogP contribution in [0, 0.1) is 0 Å². The van der Waals surface area contributed by atoms with Gasteiger partial charge < -0.3 is 80.9 Å². The zero-order valence-corrected chi connectivity index (χ0v) is 39.8. The van der Waals surface area contributed by atoms with Crippen molar-refractivity contribution in [2.45, 2.75) is 19.4 Å². The van der Waals surface area contributed by atoms with E-state index in [1.54, 1.807) is 28.4 Å². The molecule has 0 atom stereocenters. The number of hydrogen-bond donors (Lipinski definition) is 1. The second-order valence-corrected chi connectivity index (χ2v) is 14.6. The molecule has 0 saturated carbocycles. The van der Waals surface area contributed by atoms with Crippen LogP contribution in [0.4, 0.5) is 0 Å². The number of aliphatic hydroxyl groups is 1. The van der Waals surface area contributed by atoms with Crippen molar-refractivity contribution < 1.29 is 80.9 Å². The van der Waals surface area contributed by atoms with E-state index in [0.29, 0.717) is 194 Å². The van der Waals surface area contributed by atoms with Crippen molar-refractivity contribution >= 4 is 0 Å². The van der Waals surface area contributed by atoms with Crippen LogP contribution in [-0.2, 0) is 76.3 Å². The average molecular weight is 937 g/mol. The standard InChI is InChI=1S/C49H76O17/c1-51-5-9-55-13-17-59-21-25-63-46-34-43(35-47(38-46)64-26-22-60-18-14-56-10-6-52-2)30-41-29-42(33-45(32-41)40-50)31-44-36-48(65-27-23-61-19-15-57-11-7-53-3)39-49(37-44)66-28-24-62-20-16-58-12-8-54-4/h29,32-39,50H,5-28,30-31,40H2,1-4H3. The summed E-state index contributed by atoms with van der Waals surface area (Å²) in [5.74, 6) is 2.61. The molecule has 0 spiro atoms. The summed E-state index contributed by atoms with van der Waals surface area (Å²) >= 11 is 0. The average Bonchev–Trinajstić information content (AvgIpc) is 3.31. The van der Waals surface area contributed by atoms with Crippen molar-refractivity contribution in [1.29, 1.82) is 0 Å². The Morgan fingerprint density at radius 3 is 0.712 bits per heavy atom. The fourth-order valence-corrected chi connectivity index (χ4v) is 6.14. The van der Waals surface area contributed by atoms with Gasteiger partial charge in [-0.2, -0.15) is 0 Å². The zero-order chi connectivity index (χ0) is 47.0. The third-order valence-electron chi connectivity index (χ3n) is 9.19. The maximum atomic E-state index is 10.4. The molecule has 0 aliphatic heterocycles. The second kappa shape index (κ2) is 39.3.